The second kappa shape index (κ2) is 7.14. The van der Waals surface area contributed by atoms with Crippen molar-refractivity contribution in [3.8, 4) is 0 Å². The van der Waals surface area contributed by atoms with Crippen LogP contribution in [0.3, 0.4) is 0 Å². The van der Waals surface area contributed by atoms with Crippen LogP contribution < -0.4 is 11.3 Å². The van der Waals surface area contributed by atoms with Crippen LogP contribution in [0.2, 0.25) is 0 Å². The lowest BCUT2D eigenvalue weighted by Crippen LogP contribution is -2.41. The summed E-state index contributed by atoms with van der Waals surface area (Å²) in [5.41, 5.74) is 3.06. The first-order valence-corrected chi connectivity index (χ1v) is 7.76. The van der Waals surface area contributed by atoms with Crippen LogP contribution in [0.4, 0.5) is 0 Å². The highest BCUT2D eigenvalue weighted by atomic mass is 32.1. The Bertz CT molecular complexity index is 291. The number of nitrogens with one attached hydrogen (secondary N) is 1. The first-order chi connectivity index (χ1) is 8.40. The van der Waals surface area contributed by atoms with Gasteiger partial charge in [0, 0.05) is 10.9 Å². The molecule has 0 amide bonds. The Labute approximate surface area is 109 Å². The van der Waals surface area contributed by atoms with Gasteiger partial charge in [0.25, 0.3) is 0 Å². The molecule has 0 aliphatic heterocycles. The van der Waals surface area contributed by atoms with E-state index in [1.807, 2.05) is 11.3 Å². The Hall–Kier alpha value is -0.380. The molecule has 1 heterocycles. The molecule has 1 aliphatic carbocycles. The van der Waals surface area contributed by atoms with E-state index in [0.29, 0.717) is 6.04 Å². The van der Waals surface area contributed by atoms with Gasteiger partial charge in [0.1, 0.15) is 0 Å². The molecular formula is C14H24N2S. The second-order valence-corrected chi connectivity index (χ2v) is 6.18. The largest absolute Gasteiger partial charge is 0.271 e. The molecule has 1 saturated carbocycles. The van der Waals surface area contributed by atoms with Gasteiger partial charge in [0.15, 0.2) is 0 Å². The van der Waals surface area contributed by atoms with Gasteiger partial charge >= 0.3 is 0 Å². The fraction of sp³-hybridized carbons (Fsp3) is 0.714. The Morgan fingerprint density at radius 3 is 2.82 bits per heavy atom. The maximum atomic E-state index is 5.72. The summed E-state index contributed by atoms with van der Waals surface area (Å²) < 4.78 is 0. The molecule has 0 saturated heterocycles. The molecule has 96 valence electrons. The third-order valence-electron chi connectivity index (χ3n) is 3.95. The molecule has 1 aliphatic rings. The van der Waals surface area contributed by atoms with Crippen LogP contribution in [-0.2, 0) is 6.42 Å². The van der Waals surface area contributed by atoms with Crippen molar-refractivity contribution in [2.24, 2.45) is 11.8 Å². The predicted octanol–water partition coefficient (Wildman–Crippen LogP) is 3.48. The van der Waals surface area contributed by atoms with Gasteiger partial charge in [-0.05, 0) is 49.5 Å². The van der Waals surface area contributed by atoms with E-state index in [1.165, 1.54) is 56.2 Å². The lowest BCUT2D eigenvalue weighted by molar-refractivity contribution is 0.257. The van der Waals surface area contributed by atoms with Gasteiger partial charge in [-0.2, -0.15) is 0 Å². The highest BCUT2D eigenvalue weighted by molar-refractivity contribution is 7.09. The molecule has 1 aromatic heterocycles. The van der Waals surface area contributed by atoms with E-state index in [1.54, 1.807) is 0 Å². The Morgan fingerprint density at radius 1 is 1.35 bits per heavy atom. The van der Waals surface area contributed by atoms with Crippen LogP contribution in [0.1, 0.15) is 49.8 Å². The zero-order valence-corrected chi connectivity index (χ0v) is 11.3. The van der Waals surface area contributed by atoms with Crippen LogP contribution >= 0.6 is 11.3 Å². The van der Waals surface area contributed by atoms with Crippen molar-refractivity contribution in [1.29, 1.82) is 0 Å². The van der Waals surface area contributed by atoms with Crippen LogP contribution in [0, 0.1) is 5.92 Å². The highest BCUT2D eigenvalue weighted by Gasteiger charge is 2.22. The average molecular weight is 252 g/mol. The fourth-order valence-electron chi connectivity index (χ4n) is 2.94. The monoisotopic (exact) mass is 252 g/mol. The third-order valence-corrected chi connectivity index (χ3v) is 4.89. The molecule has 17 heavy (non-hydrogen) atoms. The van der Waals surface area contributed by atoms with Crippen LogP contribution in [0.25, 0.3) is 0 Å². The van der Waals surface area contributed by atoms with Gasteiger partial charge in [-0.3, -0.25) is 11.3 Å². The lowest BCUT2D eigenvalue weighted by Gasteiger charge is -2.29. The first kappa shape index (κ1) is 13.1. The molecule has 0 bridgehead atoms. The van der Waals surface area contributed by atoms with Gasteiger partial charge in [-0.25, -0.2) is 0 Å². The summed E-state index contributed by atoms with van der Waals surface area (Å²) in [6.07, 6.45) is 10.6. The molecule has 0 aromatic carbocycles. The van der Waals surface area contributed by atoms with Crippen molar-refractivity contribution in [1.82, 2.24) is 5.43 Å². The normalized spacial score (nSPS) is 19.4. The van der Waals surface area contributed by atoms with Gasteiger partial charge in [-0.15, -0.1) is 11.3 Å². The summed E-state index contributed by atoms with van der Waals surface area (Å²) in [6.45, 7) is 0. The van der Waals surface area contributed by atoms with E-state index < -0.39 is 0 Å². The average Bonchev–Trinajstić information content (AvgIpc) is 2.89. The number of hydrazine groups is 1. The SMILES string of the molecule is NNC(CCCc1cccs1)C1CCCCC1. The zero-order valence-electron chi connectivity index (χ0n) is 10.5. The molecule has 0 radical (unpaired) electrons. The highest BCUT2D eigenvalue weighted by Crippen LogP contribution is 2.28. The minimum Gasteiger partial charge on any atom is -0.271 e. The van der Waals surface area contributed by atoms with Crippen molar-refractivity contribution in [3.63, 3.8) is 0 Å². The van der Waals surface area contributed by atoms with E-state index >= 15 is 0 Å². The van der Waals surface area contributed by atoms with E-state index in [2.05, 4.69) is 22.9 Å². The van der Waals surface area contributed by atoms with Crippen molar-refractivity contribution in [2.75, 3.05) is 0 Å². The Balaban J connectivity index is 1.71. The van der Waals surface area contributed by atoms with Gasteiger partial charge in [0.2, 0.25) is 0 Å². The topological polar surface area (TPSA) is 38.0 Å². The lowest BCUT2D eigenvalue weighted by atomic mass is 9.82. The molecule has 1 aromatic rings. The first-order valence-electron chi connectivity index (χ1n) is 6.88. The van der Waals surface area contributed by atoms with E-state index in [0.717, 1.165) is 5.92 Å². The summed E-state index contributed by atoms with van der Waals surface area (Å²) in [7, 11) is 0. The maximum absolute atomic E-state index is 5.72. The second-order valence-electron chi connectivity index (χ2n) is 5.14. The number of rotatable bonds is 6. The third kappa shape index (κ3) is 4.09. The van der Waals surface area contributed by atoms with Crippen molar-refractivity contribution < 1.29 is 0 Å². The molecule has 1 fully saturated rings. The number of aryl methyl sites for hydroxylation is 1. The maximum Gasteiger partial charge on any atom is 0.0238 e. The molecule has 3 N–H and O–H groups in total. The zero-order chi connectivity index (χ0) is 11.9. The molecule has 1 unspecified atom stereocenters. The molecule has 2 rings (SSSR count). The summed E-state index contributed by atoms with van der Waals surface area (Å²) in [5, 5.41) is 2.16. The van der Waals surface area contributed by atoms with Crippen LogP contribution in [-0.4, -0.2) is 6.04 Å². The van der Waals surface area contributed by atoms with Gasteiger partial charge < -0.3 is 0 Å². The minimum atomic E-state index is 0.537. The minimum absolute atomic E-state index is 0.537. The predicted molar refractivity (Wildman–Crippen MR) is 74.9 cm³/mol. The number of thiophene rings is 1. The standard InChI is InChI=1S/C14H24N2S/c15-16-14(12-6-2-1-3-7-12)10-4-8-13-9-5-11-17-13/h5,9,11-12,14,16H,1-4,6-8,10,15H2. The molecule has 1 atom stereocenters. The van der Waals surface area contributed by atoms with Crippen molar-refractivity contribution in [3.05, 3.63) is 22.4 Å². The number of hydrogen-bond donors (Lipinski definition) is 2. The van der Waals surface area contributed by atoms with Crippen molar-refractivity contribution in [2.45, 2.75) is 57.4 Å². The molecule has 0 spiro atoms. The number of nitrogens with two attached hydrogens (primary N) is 1. The molecule has 2 nitrogen and oxygen atoms in total. The van der Waals surface area contributed by atoms with Gasteiger partial charge in [-0.1, -0.05) is 25.3 Å². The summed E-state index contributed by atoms with van der Waals surface area (Å²) in [5.74, 6) is 6.53. The summed E-state index contributed by atoms with van der Waals surface area (Å²) in [6, 6.07) is 4.91. The fourth-order valence-corrected chi connectivity index (χ4v) is 3.69. The Kier molecular flexibility index (Phi) is 5.49. The summed E-state index contributed by atoms with van der Waals surface area (Å²) >= 11 is 1.87. The quantitative estimate of drug-likeness (QED) is 0.601. The Morgan fingerprint density at radius 2 is 2.18 bits per heavy atom. The summed E-state index contributed by atoms with van der Waals surface area (Å²) in [4.78, 5) is 1.50. The van der Waals surface area contributed by atoms with E-state index in [4.69, 9.17) is 5.84 Å². The molecule has 3 heteroatoms. The van der Waals surface area contributed by atoms with E-state index in [-0.39, 0.29) is 0 Å². The smallest absolute Gasteiger partial charge is 0.0238 e. The van der Waals surface area contributed by atoms with Crippen LogP contribution in [0.15, 0.2) is 17.5 Å². The van der Waals surface area contributed by atoms with Crippen molar-refractivity contribution >= 4 is 11.3 Å². The molecular weight excluding hydrogens is 228 g/mol. The number of hydrogen-bond acceptors (Lipinski definition) is 3. The van der Waals surface area contributed by atoms with E-state index in [9.17, 15) is 0 Å². The van der Waals surface area contributed by atoms with Crippen LogP contribution in [0.5, 0.6) is 0 Å². The van der Waals surface area contributed by atoms with Gasteiger partial charge in [0.05, 0.1) is 0 Å².